The maximum absolute atomic E-state index is 11.4. The molecule has 0 amide bonds. The molecule has 2 atom stereocenters. The first-order valence-electron chi connectivity index (χ1n) is 4.60. The number of carboxylic acids is 1. The minimum atomic E-state index is -0.806. The number of aliphatic carboxylic acids is 1. The predicted octanol–water partition coefficient (Wildman–Crippen LogP) is 1.71. The van der Waals surface area contributed by atoms with E-state index in [4.69, 9.17) is 5.11 Å². The lowest BCUT2D eigenvalue weighted by atomic mass is 9.75. The largest absolute Gasteiger partial charge is 0.481 e. The molecule has 1 aliphatic carbocycles. The zero-order chi connectivity index (χ0) is 10.2. The van der Waals surface area contributed by atoms with Crippen molar-refractivity contribution < 1.29 is 14.7 Å². The summed E-state index contributed by atoms with van der Waals surface area (Å²) >= 11 is 0. The van der Waals surface area contributed by atoms with Gasteiger partial charge >= 0.3 is 5.97 Å². The van der Waals surface area contributed by atoms with Crippen molar-refractivity contribution in [3.05, 3.63) is 0 Å². The first-order valence-corrected chi connectivity index (χ1v) is 4.60. The number of carboxylic acid groups (broad SMARTS) is 1. The summed E-state index contributed by atoms with van der Waals surface area (Å²) in [7, 11) is 0. The lowest BCUT2D eigenvalue weighted by Crippen LogP contribution is -2.26. The lowest BCUT2D eigenvalue weighted by molar-refractivity contribution is -0.139. The third-order valence-electron chi connectivity index (χ3n) is 3.52. The highest BCUT2D eigenvalue weighted by Gasteiger charge is 2.46. The van der Waals surface area contributed by atoms with E-state index in [9.17, 15) is 9.59 Å². The number of carbonyl (C=O) groups excluding carboxylic acids is 1. The maximum atomic E-state index is 11.4. The van der Waals surface area contributed by atoms with Crippen molar-refractivity contribution in [2.45, 2.75) is 33.6 Å². The van der Waals surface area contributed by atoms with Crippen molar-refractivity contribution in [3.8, 4) is 0 Å². The topological polar surface area (TPSA) is 54.4 Å². The highest BCUT2D eigenvalue weighted by atomic mass is 16.4. The molecule has 0 aromatic carbocycles. The molecule has 1 rings (SSSR count). The number of rotatable bonds is 2. The van der Waals surface area contributed by atoms with Crippen LogP contribution in [0.5, 0.6) is 0 Å². The molecule has 0 radical (unpaired) electrons. The first-order chi connectivity index (χ1) is 5.85. The van der Waals surface area contributed by atoms with Gasteiger partial charge in [-0.1, -0.05) is 20.8 Å². The van der Waals surface area contributed by atoms with Crippen molar-refractivity contribution in [3.63, 3.8) is 0 Å². The Labute approximate surface area is 78.1 Å². The fourth-order valence-electron chi connectivity index (χ4n) is 2.00. The second-order valence-electron chi connectivity index (χ2n) is 4.51. The van der Waals surface area contributed by atoms with Gasteiger partial charge in [-0.25, -0.2) is 0 Å². The predicted molar refractivity (Wildman–Crippen MR) is 48.3 cm³/mol. The Bertz CT molecular complexity index is 241. The van der Waals surface area contributed by atoms with Crippen LogP contribution in [0.4, 0.5) is 0 Å². The minimum absolute atomic E-state index is 0.00292. The molecule has 0 aromatic heterocycles. The average Bonchev–Trinajstić information content (AvgIpc) is 2.15. The van der Waals surface area contributed by atoms with Crippen LogP contribution >= 0.6 is 0 Å². The van der Waals surface area contributed by atoms with Crippen molar-refractivity contribution in [2.75, 3.05) is 0 Å². The second kappa shape index (κ2) is 3.13. The normalized spacial score (nSPS) is 32.1. The Morgan fingerprint density at radius 3 is 2.46 bits per heavy atom. The van der Waals surface area contributed by atoms with Gasteiger partial charge in [0, 0.05) is 18.8 Å². The number of carbonyl (C=O) groups is 2. The van der Waals surface area contributed by atoms with E-state index in [0.29, 0.717) is 6.42 Å². The summed E-state index contributed by atoms with van der Waals surface area (Å²) in [5.41, 5.74) is -0.157. The fourth-order valence-corrected chi connectivity index (χ4v) is 2.00. The average molecular weight is 184 g/mol. The first kappa shape index (κ1) is 10.2. The van der Waals surface area contributed by atoms with Gasteiger partial charge in [-0.15, -0.1) is 0 Å². The van der Waals surface area contributed by atoms with E-state index in [-0.39, 0.29) is 29.5 Å². The third-order valence-corrected chi connectivity index (χ3v) is 3.52. The van der Waals surface area contributed by atoms with E-state index >= 15 is 0 Å². The van der Waals surface area contributed by atoms with Crippen molar-refractivity contribution in [1.29, 1.82) is 0 Å². The molecule has 1 aliphatic rings. The molecule has 0 aromatic rings. The van der Waals surface area contributed by atoms with E-state index in [1.165, 1.54) is 0 Å². The summed E-state index contributed by atoms with van der Waals surface area (Å²) in [6.07, 6.45) is 0.545. The second-order valence-corrected chi connectivity index (χ2v) is 4.51. The molecule has 0 aliphatic heterocycles. The van der Waals surface area contributed by atoms with E-state index in [1.54, 1.807) is 0 Å². The van der Waals surface area contributed by atoms with Crippen LogP contribution in [0.1, 0.15) is 33.6 Å². The Kier molecular flexibility index (Phi) is 2.46. The highest BCUT2D eigenvalue weighted by Crippen LogP contribution is 2.46. The zero-order valence-corrected chi connectivity index (χ0v) is 8.33. The van der Waals surface area contributed by atoms with Gasteiger partial charge in [-0.05, 0) is 11.3 Å². The van der Waals surface area contributed by atoms with Gasteiger partial charge in [0.05, 0.1) is 0 Å². The number of ketones is 1. The van der Waals surface area contributed by atoms with E-state index in [2.05, 4.69) is 0 Å². The van der Waals surface area contributed by atoms with Crippen molar-refractivity contribution >= 4 is 11.8 Å². The van der Waals surface area contributed by atoms with Crippen LogP contribution in [0, 0.1) is 17.3 Å². The highest BCUT2D eigenvalue weighted by molar-refractivity contribution is 5.85. The van der Waals surface area contributed by atoms with Crippen LogP contribution in [0.15, 0.2) is 0 Å². The van der Waals surface area contributed by atoms with Crippen LogP contribution < -0.4 is 0 Å². The molecule has 1 fully saturated rings. The van der Waals surface area contributed by atoms with Crippen molar-refractivity contribution in [2.24, 2.45) is 17.3 Å². The smallest absolute Gasteiger partial charge is 0.303 e. The molecule has 3 nitrogen and oxygen atoms in total. The molecule has 0 spiro atoms. The summed E-state index contributed by atoms with van der Waals surface area (Å²) in [5.74, 6) is -0.597. The fraction of sp³-hybridized carbons (Fsp3) is 0.800. The van der Waals surface area contributed by atoms with Gasteiger partial charge in [0.2, 0.25) is 0 Å². The summed E-state index contributed by atoms with van der Waals surface area (Å²) in [5, 5.41) is 8.67. The number of hydrogen-bond acceptors (Lipinski definition) is 2. The quantitative estimate of drug-likeness (QED) is 0.710. The standard InChI is InChI=1S/C10H16O3/c1-6-8(11)4-7(5-9(12)13)10(6,2)3/h6-7H,4-5H2,1-3H3,(H,12,13)/t6-,7-/m0/s1. The molecule has 0 heterocycles. The molecule has 13 heavy (non-hydrogen) atoms. The van der Waals surface area contributed by atoms with Crippen LogP contribution in [0.3, 0.4) is 0 Å². The summed E-state index contributed by atoms with van der Waals surface area (Å²) in [6, 6.07) is 0. The summed E-state index contributed by atoms with van der Waals surface area (Å²) in [4.78, 5) is 21.9. The maximum Gasteiger partial charge on any atom is 0.303 e. The van der Waals surface area contributed by atoms with Crippen LogP contribution in [-0.2, 0) is 9.59 Å². The van der Waals surface area contributed by atoms with Crippen LogP contribution in [-0.4, -0.2) is 16.9 Å². The lowest BCUT2D eigenvalue weighted by Gasteiger charge is -2.28. The van der Waals surface area contributed by atoms with Crippen LogP contribution in [0.25, 0.3) is 0 Å². The molecular formula is C10H16O3. The molecule has 3 heteroatoms. The summed E-state index contributed by atoms with van der Waals surface area (Å²) < 4.78 is 0. The van der Waals surface area contributed by atoms with Gasteiger partial charge in [0.25, 0.3) is 0 Å². The van der Waals surface area contributed by atoms with Gasteiger partial charge < -0.3 is 5.11 Å². The number of Topliss-reactive ketones (excluding diaryl/α,β-unsaturated/α-hetero) is 1. The molecule has 0 unspecified atom stereocenters. The Hall–Kier alpha value is -0.860. The zero-order valence-electron chi connectivity index (χ0n) is 8.33. The van der Waals surface area contributed by atoms with Gasteiger partial charge in [-0.3, -0.25) is 9.59 Å². The SMILES string of the molecule is C[C@H]1C(=O)C[C@@H](CC(=O)O)C1(C)C. The van der Waals surface area contributed by atoms with E-state index in [0.717, 1.165) is 0 Å². The molecular weight excluding hydrogens is 168 g/mol. The monoisotopic (exact) mass is 184 g/mol. The van der Waals surface area contributed by atoms with E-state index in [1.807, 2.05) is 20.8 Å². The molecule has 0 saturated heterocycles. The Morgan fingerprint density at radius 1 is 1.62 bits per heavy atom. The van der Waals surface area contributed by atoms with Gasteiger partial charge in [-0.2, -0.15) is 0 Å². The molecule has 1 N–H and O–H groups in total. The summed E-state index contributed by atoms with van der Waals surface area (Å²) in [6.45, 7) is 5.86. The van der Waals surface area contributed by atoms with E-state index < -0.39 is 5.97 Å². The molecule has 74 valence electrons. The van der Waals surface area contributed by atoms with Gasteiger partial charge in [0.15, 0.2) is 0 Å². The minimum Gasteiger partial charge on any atom is -0.481 e. The van der Waals surface area contributed by atoms with Crippen LogP contribution in [0.2, 0.25) is 0 Å². The Morgan fingerprint density at radius 2 is 2.15 bits per heavy atom. The van der Waals surface area contributed by atoms with Gasteiger partial charge in [0.1, 0.15) is 5.78 Å². The third kappa shape index (κ3) is 1.74. The van der Waals surface area contributed by atoms with Crippen molar-refractivity contribution in [1.82, 2.24) is 0 Å². The number of hydrogen-bond donors (Lipinski definition) is 1. The Balaban J connectivity index is 2.78. The molecule has 1 saturated carbocycles. The molecule has 0 bridgehead atoms.